The Balaban J connectivity index is 2.22. The third-order valence-electron chi connectivity index (χ3n) is 3.50. The lowest BCUT2D eigenvalue weighted by Crippen LogP contribution is -2.45. The summed E-state index contributed by atoms with van der Waals surface area (Å²) >= 11 is 0. The van der Waals surface area contributed by atoms with Crippen molar-refractivity contribution in [2.24, 2.45) is 0 Å². The predicted molar refractivity (Wildman–Crippen MR) is 77.0 cm³/mol. The average molecular weight is 299 g/mol. The molecule has 1 aromatic rings. The van der Waals surface area contributed by atoms with E-state index >= 15 is 0 Å². The molecule has 7 heteroatoms. The second kappa shape index (κ2) is 6.51. The van der Waals surface area contributed by atoms with Gasteiger partial charge in [0, 0.05) is 25.3 Å². The van der Waals surface area contributed by atoms with Gasteiger partial charge in [0.2, 0.25) is 10.0 Å². The summed E-state index contributed by atoms with van der Waals surface area (Å²) in [6.45, 7) is 2.66. The lowest BCUT2D eigenvalue weighted by atomic mass is 9.93. The minimum absolute atomic E-state index is 0.0144. The van der Waals surface area contributed by atoms with Crippen LogP contribution in [0.1, 0.15) is 26.2 Å². The number of nitrogens with one attached hydrogen (secondary N) is 1. The van der Waals surface area contributed by atoms with Gasteiger partial charge in [-0.3, -0.25) is 0 Å². The number of hydrogen-bond donors (Lipinski definition) is 2. The number of rotatable bonds is 7. The van der Waals surface area contributed by atoms with E-state index < -0.39 is 10.0 Å². The number of hydrogen-bond acceptors (Lipinski definition) is 5. The fourth-order valence-corrected chi connectivity index (χ4v) is 3.85. The third kappa shape index (κ3) is 3.11. The first-order valence-electron chi connectivity index (χ1n) is 6.92. The second-order valence-electron chi connectivity index (χ2n) is 4.83. The van der Waals surface area contributed by atoms with Crippen molar-refractivity contribution < 1.29 is 13.5 Å². The Morgan fingerprint density at radius 2 is 2.20 bits per heavy atom. The quantitative estimate of drug-likeness (QED) is 0.786. The molecular weight excluding hydrogens is 278 g/mol. The zero-order chi connectivity index (χ0) is 14.6. The van der Waals surface area contributed by atoms with Gasteiger partial charge in [0.1, 0.15) is 10.7 Å². The number of aliphatic hydroxyl groups is 1. The van der Waals surface area contributed by atoms with Crippen molar-refractivity contribution in [2.45, 2.75) is 37.1 Å². The summed E-state index contributed by atoms with van der Waals surface area (Å²) in [5.74, 6) is 0.656. The number of anilines is 1. The number of nitrogens with zero attached hydrogens (tertiary/aromatic N) is 2. The maximum absolute atomic E-state index is 12.6. The summed E-state index contributed by atoms with van der Waals surface area (Å²) in [6.07, 6.45) is 4.14. The largest absolute Gasteiger partial charge is 0.395 e. The molecule has 1 aromatic heterocycles. The normalized spacial score (nSPS) is 16.1. The summed E-state index contributed by atoms with van der Waals surface area (Å²) in [5.41, 5.74) is 0. The topological polar surface area (TPSA) is 82.5 Å². The minimum Gasteiger partial charge on any atom is -0.395 e. The van der Waals surface area contributed by atoms with E-state index in [9.17, 15) is 8.42 Å². The first kappa shape index (κ1) is 15.2. The fourth-order valence-electron chi connectivity index (χ4n) is 2.23. The Bertz CT molecular complexity index is 526. The van der Waals surface area contributed by atoms with Crippen LogP contribution < -0.4 is 5.32 Å². The molecule has 0 aliphatic heterocycles. The minimum atomic E-state index is -3.57. The zero-order valence-corrected chi connectivity index (χ0v) is 12.4. The van der Waals surface area contributed by atoms with Crippen molar-refractivity contribution in [1.29, 1.82) is 0 Å². The van der Waals surface area contributed by atoms with Crippen LogP contribution in [0.2, 0.25) is 0 Å². The van der Waals surface area contributed by atoms with Gasteiger partial charge in [0.25, 0.3) is 0 Å². The van der Waals surface area contributed by atoms with E-state index in [0.717, 1.165) is 25.8 Å². The van der Waals surface area contributed by atoms with E-state index in [0.29, 0.717) is 5.82 Å². The number of aliphatic hydroxyl groups excluding tert-OH is 1. The van der Waals surface area contributed by atoms with Crippen LogP contribution in [0.15, 0.2) is 23.2 Å². The highest BCUT2D eigenvalue weighted by Crippen LogP contribution is 2.29. The molecule has 2 rings (SSSR count). The number of sulfonamides is 1. The van der Waals surface area contributed by atoms with Gasteiger partial charge >= 0.3 is 0 Å². The Labute approximate surface area is 119 Å². The maximum Gasteiger partial charge on any atom is 0.244 e. The van der Waals surface area contributed by atoms with E-state index in [4.69, 9.17) is 5.11 Å². The van der Waals surface area contributed by atoms with Crippen molar-refractivity contribution in [3.8, 4) is 0 Å². The molecule has 1 heterocycles. The Morgan fingerprint density at radius 1 is 1.45 bits per heavy atom. The van der Waals surface area contributed by atoms with Gasteiger partial charge in [-0.15, -0.1) is 0 Å². The van der Waals surface area contributed by atoms with E-state index in [-0.39, 0.29) is 24.1 Å². The van der Waals surface area contributed by atoms with E-state index in [1.807, 2.05) is 6.92 Å². The molecule has 1 fully saturated rings. The van der Waals surface area contributed by atoms with Crippen LogP contribution in [0.3, 0.4) is 0 Å². The van der Waals surface area contributed by atoms with Gasteiger partial charge in [0.05, 0.1) is 6.61 Å². The zero-order valence-electron chi connectivity index (χ0n) is 11.6. The molecule has 0 spiro atoms. The number of aromatic nitrogens is 1. The Kier molecular flexibility index (Phi) is 4.95. The first-order chi connectivity index (χ1) is 9.59. The molecule has 0 saturated heterocycles. The summed E-state index contributed by atoms with van der Waals surface area (Å²) in [6, 6.07) is 3.23. The van der Waals surface area contributed by atoms with Gasteiger partial charge < -0.3 is 10.4 Å². The van der Waals surface area contributed by atoms with Crippen LogP contribution in [-0.2, 0) is 10.0 Å². The SMILES string of the molecule is CCNc1ccc(S(=O)(=O)N(CCO)C2CCC2)cn1. The molecule has 20 heavy (non-hydrogen) atoms. The molecular formula is C13H21N3O3S. The van der Waals surface area contributed by atoms with Crippen LogP contribution in [-0.4, -0.2) is 48.6 Å². The van der Waals surface area contributed by atoms with Gasteiger partial charge in [0.15, 0.2) is 0 Å². The standard InChI is InChI=1S/C13H21N3O3S/c1-2-14-13-7-6-12(10-15-13)20(18,19)16(8-9-17)11-4-3-5-11/h6-7,10-11,17H,2-5,8-9H2,1H3,(H,14,15). The van der Waals surface area contributed by atoms with Gasteiger partial charge in [-0.1, -0.05) is 6.42 Å². The summed E-state index contributed by atoms with van der Waals surface area (Å²) in [7, 11) is -3.57. The van der Waals surface area contributed by atoms with Crippen molar-refractivity contribution in [2.75, 3.05) is 25.0 Å². The highest BCUT2D eigenvalue weighted by atomic mass is 32.2. The van der Waals surface area contributed by atoms with Crippen molar-refractivity contribution in [1.82, 2.24) is 9.29 Å². The molecule has 0 amide bonds. The molecule has 1 aliphatic carbocycles. The lowest BCUT2D eigenvalue weighted by Gasteiger charge is -2.36. The van der Waals surface area contributed by atoms with E-state index in [1.54, 1.807) is 12.1 Å². The Morgan fingerprint density at radius 3 is 2.65 bits per heavy atom. The molecule has 0 radical (unpaired) electrons. The number of pyridine rings is 1. The first-order valence-corrected chi connectivity index (χ1v) is 8.36. The second-order valence-corrected chi connectivity index (χ2v) is 6.72. The maximum atomic E-state index is 12.6. The van der Waals surface area contributed by atoms with Crippen LogP contribution in [0.4, 0.5) is 5.82 Å². The van der Waals surface area contributed by atoms with Crippen molar-refractivity contribution in [3.63, 3.8) is 0 Å². The van der Waals surface area contributed by atoms with Crippen LogP contribution in [0.25, 0.3) is 0 Å². The van der Waals surface area contributed by atoms with Crippen molar-refractivity contribution in [3.05, 3.63) is 18.3 Å². The summed E-state index contributed by atoms with van der Waals surface area (Å²) < 4.78 is 26.6. The molecule has 1 saturated carbocycles. The molecule has 2 N–H and O–H groups in total. The molecule has 0 atom stereocenters. The highest BCUT2D eigenvalue weighted by Gasteiger charge is 2.34. The molecule has 112 valence electrons. The molecule has 1 aliphatic rings. The van der Waals surface area contributed by atoms with Gasteiger partial charge in [-0.05, 0) is 31.9 Å². The monoisotopic (exact) mass is 299 g/mol. The fraction of sp³-hybridized carbons (Fsp3) is 0.615. The summed E-state index contributed by atoms with van der Waals surface area (Å²) in [5, 5.41) is 12.1. The van der Waals surface area contributed by atoms with Crippen molar-refractivity contribution >= 4 is 15.8 Å². The lowest BCUT2D eigenvalue weighted by molar-refractivity contribution is 0.178. The van der Waals surface area contributed by atoms with E-state index in [1.165, 1.54) is 10.5 Å². The van der Waals surface area contributed by atoms with Gasteiger partial charge in [-0.2, -0.15) is 4.31 Å². The highest BCUT2D eigenvalue weighted by molar-refractivity contribution is 7.89. The van der Waals surface area contributed by atoms with Crippen LogP contribution in [0, 0.1) is 0 Å². The average Bonchev–Trinajstić information content (AvgIpc) is 2.37. The molecule has 0 bridgehead atoms. The molecule has 0 unspecified atom stereocenters. The predicted octanol–water partition coefficient (Wildman–Crippen LogP) is 1.05. The summed E-state index contributed by atoms with van der Waals surface area (Å²) in [4.78, 5) is 4.28. The van der Waals surface area contributed by atoms with Gasteiger partial charge in [-0.25, -0.2) is 13.4 Å². The smallest absolute Gasteiger partial charge is 0.244 e. The molecule has 0 aromatic carbocycles. The van der Waals surface area contributed by atoms with E-state index in [2.05, 4.69) is 10.3 Å². The van der Waals surface area contributed by atoms with Crippen LogP contribution in [0.5, 0.6) is 0 Å². The Hall–Kier alpha value is -1.18. The van der Waals surface area contributed by atoms with Crippen LogP contribution >= 0.6 is 0 Å². The third-order valence-corrected chi connectivity index (χ3v) is 5.44. The molecule has 6 nitrogen and oxygen atoms in total.